The Morgan fingerprint density at radius 1 is 1.35 bits per heavy atom. The number of rotatable bonds is 5. The Kier molecular flexibility index (Phi) is 5.77. The Balaban J connectivity index is 1.71. The number of nitrogen functional groups attached to an aromatic ring is 1. The number of aryl methyl sites for hydroxylation is 1. The SMILES string of the molecule is CSC1CCC(NC(=O)CCc2cccc(N)c2)CC1. The molecule has 0 heterocycles. The molecule has 1 aromatic rings. The second-order valence-electron chi connectivity index (χ2n) is 5.52. The van der Waals surface area contributed by atoms with E-state index in [0.29, 0.717) is 12.5 Å². The first kappa shape index (κ1) is 15.2. The molecular formula is C16H24N2OS. The predicted octanol–water partition coefficient (Wildman–Crippen LogP) is 2.99. The molecule has 0 spiro atoms. The quantitative estimate of drug-likeness (QED) is 0.820. The molecular weight excluding hydrogens is 268 g/mol. The van der Waals surface area contributed by atoms with Crippen molar-refractivity contribution in [2.75, 3.05) is 12.0 Å². The molecule has 0 atom stereocenters. The number of anilines is 1. The predicted molar refractivity (Wildman–Crippen MR) is 86.9 cm³/mol. The van der Waals surface area contributed by atoms with Gasteiger partial charge < -0.3 is 11.1 Å². The van der Waals surface area contributed by atoms with Crippen LogP contribution in [-0.2, 0) is 11.2 Å². The molecule has 3 nitrogen and oxygen atoms in total. The van der Waals surface area contributed by atoms with Gasteiger partial charge in [0.05, 0.1) is 0 Å². The van der Waals surface area contributed by atoms with Crippen LogP contribution in [0.25, 0.3) is 0 Å². The molecule has 110 valence electrons. The molecule has 4 heteroatoms. The summed E-state index contributed by atoms with van der Waals surface area (Å²) < 4.78 is 0. The van der Waals surface area contributed by atoms with Crippen LogP contribution < -0.4 is 11.1 Å². The summed E-state index contributed by atoms with van der Waals surface area (Å²) in [5, 5.41) is 3.96. The average molecular weight is 292 g/mol. The zero-order valence-electron chi connectivity index (χ0n) is 12.1. The van der Waals surface area contributed by atoms with Crippen molar-refractivity contribution in [2.24, 2.45) is 0 Å². The lowest BCUT2D eigenvalue weighted by atomic mass is 9.95. The molecule has 0 radical (unpaired) electrons. The lowest BCUT2D eigenvalue weighted by Gasteiger charge is -2.28. The first-order valence-electron chi connectivity index (χ1n) is 7.34. The lowest BCUT2D eigenvalue weighted by molar-refractivity contribution is -0.121. The van der Waals surface area contributed by atoms with Crippen molar-refractivity contribution in [3.05, 3.63) is 29.8 Å². The number of carbonyl (C=O) groups excluding carboxylic acids is 1. The molecule has 0 aliphatic heterocycles. The maximum Gasteiger partial charge on any atom is 0.220 e. The molecule has 1 aliphatic carbocycles. The number of amides is 1. The van der Waals surface area contributed by atoms with Gasteiger partial charge in [0.2, 0.25) is 5.91 Å². The molecule has 1 fully saturated rings. The molecule has 0 saturated heterocycles. The van der Waals surface area contributed by atoms with Crippen LogP contribution in [0.3, 0.4) is 0 Å². The molecule has 0 aromatic heterocycles. The topological polar surface area (TPSA) is 55.1 Å². The van der Waals surface area contributed by atoms with Gasteiger partial charge in [-0.3, -0.25) is 4.79 Å². The monoisotopic (exact) mass is 292 g/mol. The van der Waals surface area contributed by atoms with Crippen molar-refractivity contribution in [1.29, 1.82) is 0 Å². The fourth-order valence-corrected chi connectivity index (χ4v) is 3.49. The highest BCUT2D eigenvalue weighted by Crippen LogP contribution is 2.26. The Bertz CT molecular complexity index is 442. The third-order valence-electron chi connectivity index (χ3n) is 3.96. The van der Waals surface area contributed by atoms with Crippen molar-refractivity contribution < 1.29 is 4.79 Å². The van der Waals surface area contributed by atoms with Gasteiger partial charge in [-0.05, 0) is 56.1 Å². The van der Waals surface area contributed by atoms with E-state index in [4.69, 9.17) is 5.73 Å². The summed E-state index contributed by atoms with van der Waals surface area (Å²) in [4.78, 5) is 12.0. The summed E-state index contributed by atoms with van der Waals surface area (Å²) >= 11 is 1.95. The second kappa shape index (κ2) is 7.58. The summed E-state index contributed by atoms with van der Waals surface area (Å²) in [6, 6.07) is 8.15. The molecule has 3 N–H and O–H groups in total. The van der Waals surface area contributed by atoms with E-state index >= 15 is 0 Å². The van der Waals surface area contributed by atoms with Gasteiger partial charge in [0, 0.05) is 23.4 Å². The van der Waals surface area contributed by atoms with Gasteiger partial charge >= 0.3 is 0 Å². The maximum atomic E-state index is 12.0. The van der Waals surface area contributed by atoms with E-state index < -0.39 is 0 Å². The van der Waals surface area contributed by atoms with Crippen molar-refractivity contribution in [1.82, 2.24) is 5.32 Å². The van der Waals surface area contributed by atoms with E-state index in [2.05, 4.69) is 11.6 Å². The fraction of sp³-hybridized carbons (Fsp3) is 0.562. The summed E-state index contributed by atoms with van der Waals surface area (Å²) in [5.41, 5.74) is 7.63. The van der Waals surface area contributed by atoms with Crippen molar-refractivity contribution in [3.63, 3.8) is 0 Å². The minimum atomic E-state index is 0.167. The van der Waals surface area contributed by atoms with Gasteiger partial charge in [-0.1, -0.05) is 12.1 Å². The zero-order chi connectivity index (χ0) is 14.4. The van der Waals surface area contributed by atoms with Gasteiger partial charge in [-0.25, -0.2) is 0 Å². The van der Waals surface area contributed by atoms with Crippen LogP contribution in [0.4, 0.5) is 5.69 Å². The normalized spacial score (nSPS) is 22.4. The minimum Gasteiger partial charge on any atom is -0.399 e. The number of carbonyl (C=O) groups is 1. The van der Waals surface area contributed by atoms with Crippen LogP contribution in [0.5, 0.6) is 0 Å². The van der Waals surface area contributed by atoms with Crippen LogP contribution in [0.15, 0.2) is 24.3 Å². The number of hydrogen-bond donors (Lipinski definition) is 2. The molecule has 1 aromatic carbocycles. The molecule has 0 bridgehead atoms. The van der Waals surface area contributed by atoms with E-state index in [1.807, 2.05) is 36.0 Å². The smallest absolute Gasteiger partial charge is 0.220 e. The van der Waals surface area contributed by atoms with Crippen LogP contribution in [0, 0.1) is 0 Å². The molecule has 1 saturated carbocycles. The van der Waals surface area contributed by atoms with E-state index in [-0.39, 0.29) is 5.91 Å². The van der Waals surface area contributed by atoms with E-state index in [9.17, 15) is 4.79 Å². The highest BCUT2D eigenvalue weighted by molar-refractivity contribution is 7.99. The van der Waals surface area contributed by atoms with Gasteiger partial charge in [0.1, 0.15) is 0 Å². The number of nitrogens with one attached hydrogen (secondary N) is 1. The maximum absolute atomic E-state index is 12.0. The van der Waals surface area contributed by atoms with Gasteiger partial charge in [0.15, 0.2) is 0 Å². The van der Waals surface area contributed by atoms with Crippen molar-refractivity contribution >= 4 is 23.4 Å². The summed E-state index contributed by atoms with van der Waals surface area (Å²) in [6.07, 6.45) is 8.17. The van der Waals surface area contributed by atoms with Crippen LogP contribution in [0.1, 0.15) is 37.7 Å². The highest BCUT2D eigenvalue weighted by atomic mass is 32.2. The second-order valence-corrected chi connectivity index (χ2v) is 6.66. The van der Waals surface area contributed by atoms with Crippen LogP contribution in [-0.4, -0.2) is 23.5 Å². The number of hydrogen-bond acceptors (Lipinski definition) is 3. The Labute approximate surface area is 125 Å². The van der Waals surface area contributed by atoms with Crippen LogP contribution >= 0.6 is 11.8 Å². The average Bonchev–Trinajstić information content (AvgIpc) is 2.46. The first-order chi connectivity index (χ1) is 9.67. The molecule has 0 unspecified atom stereocenters. The van der Waals surface area contributed by atoms with E-state index in [1.54, 1.807) is 0 Å². The molecule has 1 amide bonds. The van der Waals surface area contributed by atoms with Gasteiger partial charge in [-0.15, -0.1) is 0 Å². The number of nitrogens with two attached hydrogens (primary N) is 1. The highest BCUT2D eigenvalue weighted by Gasteiger charge is 2.21. The largest absolute Gasteiger partial charge is 0.399 e. The Hall–Kier alpha value is -1.16. The third-order valence-corrected chi connectivity index (χ3v) is 5.10. The van der Waals surface area contributed by atoms with Gasteiger partial charge in [0.25, 0.3) is 0 Å². The minimum absolute atomic E-state index is 0.167. The zero-order valence-corrected chi connectivity index (χ0v) is 12.9. The first-order valence-corrected chi connectivity index (χ1v) is 8.62. The summed E-state index contributed by atoms with van der Waals surface area (Å²) in [7, 11) is 0. The molecule has 20 heavy (non-hydrogen) atoms. The van der Waals surface area contributed by atoms with Crippen molar-refractivity contribution in [2.45, 2.75) is 49.8 Å². The Morgan fingerprint density at radius 2 is 2.10 bits per heavy atom. The summed E-state index contributed by atoms with van der Waals surface area (Å²) in [6.45, 7) is 0. The van der Waals surface area contributed by atoms with Crippen LogP contribution in [0.2, 0.25) is 0 Å². The van der Waals surface area contributed by atoms with E-state index in [1.165, 1.54) is 12.8 Å². The standard InChI is InChI=1S/C16H24N2OS/c1-20-15-8-6-14(7-9-15)18-16(19)10-5-12-3-2-4-13(17)11-12/h2-4,11,14-15H,5-10,17H2,1H3,(H,18,19). The molecule has 1 aliphatic rings. The Morgan fingerprint density at radius 3 is 2.75 bits per heavy atom. The summed E-state index contributed by atoms with van der Waals surface area (Å²) in [5.74, 6) is 0.167. The lowest BCUT2D eigenvalue weighted by Crippen LogP contribution is -2.38. The number of benzene rings is 1. The van der Waals surface area contributed by atoms with Crippen molar-refractivity contribution in [3.8, 4) is 0 Å². The third kappa shape index (κ3) is 4.75. The molecule has 2 rings (SSSR count). The number of thioether (sulfide) groups is 1. The van der Waals surface area contributed by atoms with E-state index in [0.717, 1.165) is 35.8 Å². The van der Waals surface area contributed by atoms with Gasteiger partial charge in [-0.2, -0.15) is 11.8 Å². The fourth-order valence-electron chi connectivity index (χ4n) is 2.75.